The van der Waals surface area contributed by atoms with Crippen molar-refractivity contribution in [1.29, 1.82) is 0 Å². The summed E-state index contributed by atoms with van der Waals surface area (Å²) in [6, 6.07) is 4.95. The number of carbonyl (C=O) groups is 1. The Kier molecular flexibility index (Phi) is 6.38. The first kappa shape index (κ1) is 18.9. The number of aromatic nitrogens is 2. The van der Waals surface area contributed by atoms with Crippen LogP contribution in [-0.4, -0.2) is 28.0 Å². The van der Waals surface area contributed by atoms with Crippen LogP contribution in [0.3, 0.4) is 0 Å². The van der Waals surface area contributed by atoms with E-state index in [1.54, 1.807) is 18.6 Å². The van der Waals surface area contributed by atoms with Gasteiger partial charge in [-0.3, -0.25) is 14.8 Å². The minimum atomic E-state index is 0. The molecule has 130 valence electrons. The normalized spacial score (nSPS) is 24.8. The van der Waals surface area contributed by atoms with E-state index in [0.717, 1.165) is 29.4 Å². The molecule has 5 nitrogen and oxygen atoms in total. The van der Waals surface area contributed by atoms with Gasteiger partial charge in [0.25, 0.3) is 0 Å². The fourth-order valence-corrected chi connectivity index (χ4v) is 3.90. The first-order chi connectivity index (χ1) is 10.8. The Morgan fingerprint density at radius 1 is 1.17 bits per heavy atom. The van der Waals surface area contributed by atoms with Crippen molar-refractivity contribution in [1.82, 2.24) is 15.3 Å². The Morgan fingerprint density at radius 2 is 1.92 bits per heavy atom. The fraction of sp³-hybridized carbons (Fsp3) is 0.471. The number of fused-ring (bicyclic) bond motifs is 3. The first-order valence-electron chi connectivity index (χ1n) is 8.02. The second-order valence-corrected chi connectivity index (χ2v) is 6.48. The van der Waals surface area contributed by atoms with Gasteiger partial charge in [-0.15, -0.1) is 24.8 Å². The molecule has 2 aliphatic heterocycles. The number of pyridine rings is 2. The van der Waals surface area contributed by atoms with Gasteiger partial charge in [-0.25, -0.2) is 0 Å². The lowest BCUT2D eigenvalue weighted by Gasteiger charge is -2.28. The summed E-state index contributed by atoms with van der Waals surface area (Å²) in [7, 11) is 0. The van der Waals surface area contributed by atoms with Gasteiger partial charge in [0.1, 0.15) is 0 Å². The molecular formula is C17H22Cl2N4O. The van der Waals surface area contributed by atoms with E-state index in [9.17, 15) is 4.79 Å². The maximum Gasteiger partial charge on any atom is 0.224 e. The van der Waals surface area contributed by atoms with Crippen molar-refractivity contribution in [2.75, 3.05) is 5.32 Å². The van der Waals surface area contributed by atoms with Gasteiger partial charge >= 0.3 is 0 Å². The summed E-state index contributed by atoms with van der Waals surface area (Å²) >= 11 is 0. The average molecular weight is 369 g/mol. The molecule has 2 aromatic rings. The molecule has 4 rings (SSSR count). The van der Waals surface area contributed by atoms with Crippen LogP contribution in [-0.2, 0) is 4.79 Å². The number of amides is 1. The molecule has 0 radical (unpaired) electrons. The molecule has 2 N–H and O–H groups in total. The summed E-state index contributed by atoms with van der Waals surface area (Å²) in [6.45, 7) is 0. The smallest absolute Gasteiger partial charge is 0.224 e. The van der Waals surface area contributed by atoms with Gasteiger partial charge in [-0.1, -0.05) is 0 Å². The third-order valence-corrected chi connectivity index (χ3v) is 4.86. The largest absolute Gasteiger partial charge is 0.325 e. The maximum atomic E-state index is 12.4. The molecule has 2 atom stereocenters. The van der Waals surface area contributed by atoms with Crippen LogP contribution in [0.25, 0.3) is 10.9 Å². The van der Waals surface area contributed by atoms with Gasteiger partial charge < -0.3 is 10.6 Å². The lowest BCUT2D eigenvalue weighted by molar-refractivity contribution is -0.117. The summed E-state index contributed by atoms with van der Waals surface area (Å²) in [5, 5.41) is 7.55. The summed E-state index contributed by atoms with van der Waals surface area (Å²) in [5.41, 5.74) is 1.66. The summed E-state index contributed by atoms with van der Waals surface area (Å²) < 4.78 is 0. The van der Waals surface area contributed by atoms with Crippen LogP contribution in [0, 0.1) is 5.92 Å². The SMILES string of the molecule is Cl.Cl.O=C(CC1CC2CCC(C1)N2)Nc1ccnc2ccncc12. The molecule has 0 aliphatic carbocycles. The summed E-state index contributed by atoms with van der Waals surface area (Å²) in [5.74, 6) is 0.604. The van der Waals surface area contributed by atoms with E-state index in [2.05, 4.69) is 20.6 Å². The highest BCUT2D eigenvalue weighted by atomic mass is 35.5. The fourth-order valence-electron chi connectivity index (χ4n) is 3.90. The van der Waals surface area contributed by atoms with Crippen molar-refractivity contribution >= 4 is 47.3 Å². The zero-order valence-corrected chi connectivity index (χ0v) is 14.9. The average Bonchev–Trinajstić information content (AvgIpc) is 2.86. The molecule has 24 heavy (non-hydrogen) atoms. The van der Waals surface area contributed by atoms with Gasteiger partial charge in [-0.2, -0.15) is 0 Å². The van der Waals surface area contributed by atoms with E-state index in [4.69, 9.17) is 0 Å². The second kappa shape index (κ2) is 8.10. The molecule has 1 amide bonds. The molecule has 4 heterocycles. The number of nitrogens with one attached hydrogen (secondary N) is 2. The van der Waals surface area contributed by atoms with Crippen molar-refractivity contribution in [3.8, 4) is 0 Å². The van der Waals surface area contributed by atoms with Crippen molar-refractivity contribution in [2.45, 2.75) is 44.2 Å². The Morgan fingerprint density at radius 3 is 2.67 bits per heavy atom. The van der Waals surface area contributed by atoms with E-state index in [0.29, 0.717) is 24.4 Å². The Bertz CT molecular complexity index is 695. The van der Waals surface area contributed by atoms with E-state index in [-0.39, 0.29) is 30.7 Å². The maximum absolute atomic E-state index is 12.4. The zero-order chi connectivity index (χ0) is 14.9. The minimum absolute atomic E-state index is 0. The van der Waals surface area contributed by atoms with Gasteiger partial charge in [0, 0.05) is 42.5 Å². The topological polar surface area (TPSA) is 66.9 Å². The monoisotopic (exact) mass is 368 g/mol. The van der Waals surface area contributed by atoms with Crippen molar-refractivity contribution < 1.29 is 4.79 Å². The lowest BCUT2D eigenvalue weighted by Crippen LogP contribution is -2.39. The van der Waals surface area contributed by atoms with E-state index in [1.807, 2.05) is 12.1 Å². The molecule has 2 aliphatic rings. The number of piperidine rings is 1. The predicted octanol–water partition coefficient (Wildman–Crippen LogP) is 3.33. The first-order valence-corrected chi connectivity index (χ1v) is 8.02. The highest BCUT2D eigenvalue weighted by Gasteiger charge is 2.34. The summed E-state index contributed by atoms with van der Waals surface area (Å²) in [6.07, 6.45) is 10.6. The Labute approximate surface area is 153 Å². The lowest BCUT2D eigenvalue weighted by atomic mass is 9.89. The molecule has 0 saturated carbocycles. The molecule has 2 bridgehead atoms. The van der Waals surface area contributed by atoms with Crippen LogP contribution < -0.4 is 10.6 Å². The highest BCUT2D eigenvalue weighted by Crippen LogP contribution is 2.33. The zero-order valence-electron chi connectivity index (χ0n) is 13.3. The number of carbonyl (C=O) groups excluding carboxylic acids is 1. The van der Waals surface area contributed by atoms with Gasteiger partial charge in [-0.05, 0) is 43.7 Å². The van der Waals surface area contributed by atoms with Crippen LogP contribution in [0.4, 0.5) is 5.69 Å². The van der Waals surface area contributed by atoms with Crippen LogP contribution in [0.5, 0.6) is 0 Å². The third-order valence-electron chi connectivity index (χ3n) is 4.86. The van der Waals surface area contributed by atoms with E-state index >= 15 is 0 Å². The van der Waals surface area contributed by atoms with Crippen molar-refractivity contribution in [3.05, 3.63) is 30.7 Å². The molecule has 0 spiro atoms. The highest BCUT2D eigenvalue weighted by molar-refractivity contribution is 6.00. The second-order valence-electron chi connectivity index (χ2n) is 6.48. The van der Waals surface area contributed by atoms with Gasteiger partial charge in [0.05, 0.1) is 11.2 Å². The standard InChI is InChI=1S/C17H20N4O.2ClH/c22-17(9-11-7-12-1-2-13(8-11)20-12)21-16-4-6-19-15-3-5-18-10-14(15)16;;/h3-6,10-13,20H,1-2,7-9H2,(H,19,21,22);2*1H. The van der Waals surface area contributed by atoms with Crippen molar-refractivity contribution in [2.24, 2.45) is 5.92 Å². The Hall–Kier alpha value is -1.43. The van der Waals surface area contributed by atoms with E-state index < -0.39 is 0 Å². The summed E-state index contributed by atoms with van der Waals surface area (Å²) in [4.78, 5) is 20.8. The third kappa shape index (κ3) is 3.97. The molecular weight excluding hydrogens is 347 g/mol. The van der Waals surface area contributed by atoms with Crippen molar-refractivity contribution in [3.63, 3.8) is 0 Å². The number of halogens is 2. The molecule has 0 aromatic carbocycles. The molecule has 2 saturated heterocycles. The van der Waals surface area contributed by atoms with Crippen LogP contribution in [0.2, 0.25) is 0 Å². The number of hydrogen-bond acceptors (Lipinski definition) is 4. The number of nitrogens with zero attached hydrogens (tertiary/aromatic N) is 2. The number of rotatable bonds is 3. The van der Waals surface area contributed by atoms with Gasteiger partial charge in [0.15, 0.2) is 0 Å². The quantitative estimate of drug-likeness (QED) is 0.871. The van der Waals surface area contributed by atoms with Crippen LogP contribution in [0.15, 0.2) is 30.7 Å². The van der Waals surface area contributed by atoms with Crippen LogP contribution in [0.1, 0.15) is 32.1 Å². The molecule has 2 unspecified atom stereocenters. The predicted molar refractivity (Wildman–Crippen MR) is 100.0 cm³/mol. The minimum Gasteiger partial charge on any atom is -0.325 e. The number of anilines is 1. The number of hydrogen-bond donors (Lipinski definition) is 2. The molecule has 7 heteroatoms. The molecule has 2 fully saturated rings. The molecule has 2 aromatic heterocycles. The van der Waals surface area contributed by atoms with E-state index in [1.165, 1.54) is 12.8 Å². The van der Waals surface area contributed by atoms with Crippen LogP contribution >= 0.6 is 24.8 Å². The van der Waals surface area contributed by atoms with Gasteiger partial charge in [0.2, 0.25) is 5.91 Å². The Balaban J connectivity index is 0.00000104.